The van der Waals surface area contributed by atoms with Crippen molar-refractivity contribution in [3.63, 3.8) is 0 Å². The second-order valence-corrected chi connectivity index (χ2v) is 9.00. The van der Waals surface area contributed by atoms with E-state index < -0.39 is 12.1 Å². The highest BCUT2D eigenvalue weighted by atomic mass is 127. The summed E-state index contributed by atoms with van der Waals surface area (Å²) in [5.74, 6) is 0.326. The summed E-state index contributed by atoms with van der Waals surface area (Å²) in [5, 5.41) is 34.0. The van der Waals surface area contributed by atoms with E-state index in [0.717, 1.165) is 14.8 Å². The summed E-state index contributed by atoms with van der Waals surface area (Å²) < 4.78 is 6.72. The zero-order valence-electron chi connectivity index (χ0n) is 19.0. The first kappa shape index (κ1) is 24.4. The van der Waals surface area contributed by atoms with Crippen molar-refractivity contribution in [1.82, 2.24) is 10.2 Å². The largest absolute Gasteiger partial charge is 0.418 e. The molecule has 3 aromatic carbocycles. The van der Waals surface area contributed by atoms with Crippen molar-refractivity contribution in [2.24, 2.45) is 0 Å². The molecule has 1 amide bonds. The number of nitriles is 1. The van der Waals surface area contributed by atoms with Gasteiger partial charge >= 0.3 is 0 Å². The second-order valence-electron chi connectivity index (χ2n) is 7.92. The van der Waals surface area contributed by atoms with Crippen LogP contribution in [0, 0.1) is 21.8 Å². The Morgan fingerprint density at radius 3 is 2.46 bits per heavy atom. The summed E-state index contributed by atoms with van der Waals surface area (Å²) in [7, 11) is 0. The fourth-order valence-corrected chi connectivity index (χ4v) is 4.04. The zero-order chi connectivity index (χ0) is 24.9. The van der Waals surface area contributed by atoms with E-state index >= 15 is 0 Å². The first-order chi connectivity index (χ1) is 16.9. The smallest absolute Gasteiger partial charge is 0.255 e. The van der Waals surface area contributed by atoms with Gasteiger partial charge in [0.05, 0.1) is 11.7 Å². The van der Waals surface area contributed by atoms with Crippen molar-refractivity contribution in [3.05, 3.63) is 92.9 Å². The molecule has 0 bridgehead atoms. The van der Waals surface area contributed by atoms with E-state index in [4.69, 9.17) is 4.42 Å². The van der Waals surface area contributed by atoms with E-state index in [2.05, 4.69) is 49.5 Å². The lowest BCUT2D eigenvalue weighted by atomic mass is 10.1. The summed E-state index contributed by atoms with van der Waals surface area (Å²) in [5.41, 5.74) is 4.13. The Hall–Kier alpha value is -3.75. The minimum Gasteiger partial charge on any atom is -0.418 e. The molecule has 0 radical (unpaired) electrons. The minimum atomic E-state index is -0.827. The molecule has 3 N–H and O–H groups in total. The van der Waals surface area contributed by atoms with Gasteiger partial charge in [-0.1, -0.05) is 18.2 Å². The normalized spacial score (nSPS) is 12.4. The van der Waals surface area contributed by atoms with Gasteiger partial charge in [-0.05, 0) is 90.5 Å². The predicted octanol–water partition coefficient (Wildman–Crippen LogP) is 5.31. The van der Waals surface area contributed by atoms with Crippen molar-refractivity contribution in [1.29, 1.82) is 5.26 Å². The Bertz CT molecular complexity index is 1380. The molecular weight excluding hydrogens is 557 g/mol. The molecule has 1 heterocycles. The average molecular weight is 579 g/mol. The maximum absolute atomic E-state index is 12.3. The number of aromatic nitrogens is 2. The molecule has 0 saturated carbocycles. The molecule has 0 saturated heterocycles. The SMILES string of the molecule is Cc1c(N[C@@H](c2nnc(-c3ccc(NC(=O)c4ccccc4)cc3)o2)[C@H](C)O)ccc(C#N)c1I. The molecule has 35 heavy (non-hydrogen) atoms. The number of nitrogens with zero attached hydrogens (tertiary/aromatic N) is 3. The van der Waals surface area contributed by atoms with E-state index in [1.54, 1.807) is 55.5 Å². The molecule has 0 spiro atoms. The molecule has 0 aliphatic rings. The molecular formula is C26H22IN5O3. The first-order valence-corrected chi connectivity index (χ1v) is 11.9. The number of hydrogen-bond acceptors (Lipinski definition) is 7. The Morgan fingerprint density at radius 2 is 1.80 bits per heavy atom. The highest BCUT2D eigenvalue weighted by Crippen LogP contribution is 2.30. The van der Waals surface area contributed by atoms with E-state index in [1.807, 2.05) is 25.1 Å². The maximum Gasteiger partial charge on any atom is 0.255 e. The van der Waals surface area contributed by atoms with Crippen LogP contribution in [0.4, 0.5) is 11.4 Å². The second kappa shape index (κ2) is 10.7. The van der Waals surface area contributed by atoms with Crippen LogP contribution in [-0.4, -0.2) is 27.3 Å². The van der Waals surface area contributed by atoms with Gasteiger partial charge < -0.3 is 20.2 Å². The lowest BCUT2D eigenvalue weighted by molar-refractivity contribution is 0.102. The molecule has 176 valence electrons. The third kappa shape index (κ3) is 5.50. The van der Waals surface area contributed by atoms with Crippen molar-refractivity contribution < 1.29 is 14.3 Å². The summed E-state index contributed by atoms with van der Waals surface area (Å²) in [6.45, 7) is 3.54. The standard InChI is InChI=1S/C26H22IN5O3/c1-15-21(13-10-19(14-28)22(15)27)30-23(16(2)33)26-32-31-25(35-26)18-8-11-20(12-9-18)29-24(34)17-6-4-3-5-7-17/h3-13,16,23,30,33H,1-2H3,(H,29,34)/t16-,23+/m0/s1. The Balaban J connectivity index is 1.51. The van der Waals surface area contributed by atoms with Crippen LogP contribution in [0.3, 0.4) is 0 Å². The zero-order valence-corrected chi connectivity index (χ0v) is 21.1. The van der Waals surface area contributed by atoms with Crippen LogP contribution in [-0.2, 0) is 0 Å². The monoisotopic (exact) mass is 579 g/mol. The number of nitrogens with one attached hydrogen (secondary N) is 2. The van der Waals surface area contributed by atoms with Crippen molar-refractivity contribution in [2.75, 3.05) is 10.6 Å². The van der Waals surface area contributed by atoms with Crippen LogP contribution in [0.25, 0.3) is 11.5 Å². The summed E-state index contributed by atoms with van der Waals surface area (Å²) in [6, 6.07) is 21.1. The third-order valence-corrected chi connectivity index (χ3v) is 6.82. The van der Waals surface area contributed by atoms with Gasteiger partial charge in [-0.3, -0.25) is 4.79 Å². The lowest BCUT2D eigenvalue weighted by Gasteiger charge is -2.21. The number of carbonyl (C=O) groups excluding carboxylic acids is 1. The van der Waals surface area contributed by atoms with Gasteiger partial charge in [0.15, 0.2) is 0 Å². The summed E-state index contributed by atoms with van der Waals surface area (Å²) >= 11 is 2.13. The fourth-order valence-electron chi connectivity index (χ4n) is 3.45. The van der Waals surface area contributed by atoms with Crippen LogP contribution >= 0.6 is 22.6 Å². The van der Waals surface area contributed by atoms with Gasteiger partial charge in [0.1, 0.15) is 12.1 Å². The first-order valence-electron chi connectivity index (χ1n) is 10.8. The average Bonchev–Trinajstić information content (AvgIpc) is 3.35. The van der Waals surface area contributed by atoms with Crippen molar-refractivity contribution in [2.45, 2.75) is 26.0 Å². The number of hydrogen-bond donors (Lipinski definition) is 3. The highest BCUT2D eigenvalue weighted by Gasteiger charge is 2.25. The Labute approximate surface area is 216 Å². The van der Waals surface area contributed by atoms with Crippen molar-refractivity contribution >= 4 is 39.9 Å². The van der Waals surface area contributed by atoms with E-state index in [1.165, 1.54) is 0 Å². The number of carbonyl (C=O) groups is 1. The van der Waals surface area contributed by atoms with Crippen LogP contribution < -0.4 is 10.6 Å². The van der Waals surface area contributed by atoms with Gasteiger partial charge in [-0.15, -0.1) is 10.2 Å². The molecule has 2 atom stereocenters. The van der Waals surface area contributed by atoms with Crippen molar-refractivity contribution in [3.8, 4) is 17.5 Å². The number of aliphatic hydroxyl groups excluding tert-OH is 1. The molecule has 0 unspecified atom stereocenters. The van der Waals surface area contributed by atoms with Gasteiger partial charge in [0.2, 0.25) is 11.8 Å². The van der Waals surface area contributed by atoms with E-state index in [0.29, 0.717) is 28.3 Å². The topological polar surface area (TPSA) is 124 Å². The van der Waals surface area contributed by atoms with Gasteiger partial charge in [0, 0.05) is 26.1 Å². The number of anilines is 2. The van der Waals surface area contributed by atoms with E-state index in [9.17, 15) is 15.2 Å². The number of aliphatic hydroxyl groups is 1. The predicted molar refractivity (Wildman–Crippen MR) is 141 cm³/mol. The van der Waals surface area contributed by atoms with Gasteiger partial charge in [-0.25, -0.2) is 0 Å². The Kier molecular flexibility index (Phi) is 7.43. The molecule has 1 aromatic heterocycles. The molecule has 9 heteroatoms. The van der Waals surface area contributed by atoms with Crippen LogP contribution in [0.15, 0.2) is 71.1 Å². The van der Waals surface area contributed by atoms with E-state index in [-0.39, 0.29) is 11.8 Å². The number of benzene rings is 3. The molecule has 0 aliphatic carbocycles. The number of rotatable bonds is 7. The summed E-state index contributed by atoms with van der Waals surface area (Å²) in [6.07, 6.45) is -0.827. The van der Waals surface area contributed by atoms with Crippen LogP contribution in [0.5, 0.6) is 0 Å². The van der Waals surface area contributed by atoms with Crippen LogP contribution in [0.1, 0.15) is 40.3 Å². The van der Waals surface area contributed by atoms with Gasteiger partial charge in [-0.2, -0.15) is 5.26 Å². The minimum absolute atomic E-state index is 0.197. The lowest BCUT2D eigenvalue weighted by Crippen LogP contribution is -2.23. The number of amides is 1. The molecule has 0 aliphatic heterocycles. The maximum atomic E-state index is 12.3. The Morgan fingerprint density at radius 1 is 1.09 bits per heavy atom. The quantitative estimate of drug-likeness (QED) is 0.254. The van der Waals surface area contributed by atoms with Gasteiger partial charge in [0.25, 0.3) is 5.91 Å². The molecule has 8 nitrogen and oxygen atoms in total. The highest BCUT2D eigenvalue weighted by molar-refractivity contribution is 14.1. The fraction of sp³-hybridized carbons (Fsp3) is 0.154. The number of halogens is 1. The van der Waals surface area contributed by atoms with Crippen LogP contribution in [0.2, 0.25) is 0 Å². The molecule has 0 fully saturated rings. The molecule has 4 rings (SSSR count). The molecule has 4 aromatic rings. The summed E-state index contributed by atoms with van der Waals surface area (Å²) in [4.78, 5) is 12.3. The third-order valence-electron chi connectivity index (χ3n) is 5.43.